The van der Waals surface area contributed by atoms with E-state index in [9.17, 15) is 4.79 Å². The molecule has 0 aliphatic carbocycles. The van der Waals surface area contributed by atoms with E-state index < -0.39 is 0 Å². The number of benzene rings is 2. The number of amides is 1. The molecule has 140 valence electrons. The average Bonchev–Trinajstić information content (AvgIpc) is 3.36. The molecule has 0 bridgehead atoms. The fourth-order valence-corrected chi connectivity index (χ4v) is 3.49. The van der Waals surface area contributed by atoms with Gasteiger partial charge in [-0.1, -0.05) is 35.5 Å². The van der Waals surface area contributed by atoms with Gasteiger partial charge in [0.15, 0.2) is 5.82 Å². The van der Waals surface area contributed by atoms with Crippen molar-refractivity contribution in [2.75, 3.05) is 13.1 Å². The van der Waals surface area contributed by atoms with E-state index in [-0.39, 0.29) is 11.8 Å². The van der Waals surface area contributed by atoms with Gasteiger partial charge >= 0.3 is 0 Å². The Kier molecular flexibility index (Phi) is 5.16. The van der Waals surface area contributed by atoms with E-state index in [1.807, 2.05) is 23.1 Å². The van der Waals surface area contributed by atoms with Crippen LogP contribution in [0.3, 0.4) is 0 Å². The van der Waals surface area contributed by atoms with E-state index >= 15 is 0 Å². The predicted molar refractivity (Wildman–Crippen MR) is 103 cm³/mol. The van der Waals surface area contributed by atoms with Gasteiger partial charge in [-0.15, -0.1) is 0 Å². The van der Waals surface area contributed by atoms with Crippen molar-refractivity contribution < 1.29 is 9.32 Å². The molecule has 0 radical (unpaired) electrons. The molecule has 1 saturated heterocycles. The molecule has 1 amide bonds. The highest BCUT2D eigenvalue weighted by atomic mass is 16.5. The Balaban J connectivity index is 1.36. The number of rotatable bonds is 6. The molecule has 6 nitrogen and oxygen atoms in total. The summed E-state index contributed by atoms with van der Waals surface area (Å²) in [5.74, 6) is 1.08. The normalized spacial score (nSPS) is 16.3. The minimum atomic E-state index is -0.0416. The average molecular weight is 372 g/mol. The van der Waals surface area contributed by atoms with Crippen molar-refractivity contribution in [2.45, 2.75) is 25.2 Å². The number of aryl methyl sites for hydroxylation is 1. The number of nitriles is 1. The van der Waals surface area contributed by atoms with Gasteiger partial charge in [0.25, 0.3) is 5.89 Å². The highest BCUT2D eigenvalue weighted by Gasteiger charge is 2.33. The Bertz CT molecular complexity index is 989. The van der Waals surface area contributed by atoms with E-state index in [0.717, 1.165) is 24.9 Å². The predicted octanol–water partition coefficient (Wildman–Crippen LogP) is 3.56. The van der Waals surface area contributed by atoms with Gasteiger partial charge in [-0.05, 0) is 42.7 Å². The molecule has 0 saturated carbocycles. The summed E-state index contributed by atoms with van der Waals surface area (Å²) in [7, 11) is 0. The standard InChI is InChI=1S/C22H20N4O2/c23-14-17-8-10-18(11-9-17)22-24-21(25-28-22)19-13-20(27)26(15-19)12-4-7-16-5-2-1-3-6-16/h1-3,5-6,8-11,19H,4,7,12-13,15H2. The summed E-state index contributed by atoms with van der Waals surface area (Å²) in [6.07, 6.45) is 2.31. The van der Waals surface area contributed by atoms with E-state index in [2.05, 4.69) is 28.3 Å². The van der Waals surface area contributed by atoms with Crippen LogP contribution in [0.5, 0.6) is 0 Å². The molecular formula is C22H20N4O2. The van der Waals surface area contributed by atoms with Crippen LogP contribution in [0.4, 0.5) is 0 Å². The summed E-state index contributed by atoms with van der Waals surface area (Å²) >= 11 is 0. The Labute approximate surface area is 163 Å². The Morgan fingerprint density at radius 2 is 1.93 bits per heavy atom. The molecule has 1 atom stereocenters. The van der Waals surface area contributed by atoms with Crippen LogP contribution in [0, 0.1) is 11.3 Å². The fraction of sp³-hybridized carbons (Fsp3) is 0.273. The van der Waals surface area contributed by atoms with Gasteiger partial charge in [-0.2, -0.15) is 10.2 Å². The monoisotopic (exact) mass is 372 g/mol. The van der Waals surface area contributed by atoms with Crippen LogP contribution >= 0.6 is 0 Å². The molecule has 1 fully saturated rings. The van der Waals surface area contributed by atoms with Gasteiger partial charge in [0.1, 0.15) is 0 Å². The van der Waals surface area contributed by atoms with E-state index in [1.54, 1.807) is 24.3 Å². The third kappa shape index (κ3) is 3.94. The Morgan fingerprint density at radius 1 is 1.14 bits per heavy atom. The number of nitrogens with zero attached hydrogens (tertiary/aromatic N) is 4. The molecule has 28 heavy (non-hydrogen) atoms. The lowest BCUT2D eigenvalue weighted by molar-refractivity contribution is -0.127. The van der Waals surface area contributed by atoms with Crippen LogP contribution in [0.25, 0.3) is 11.5 Å². The maximum Gasteiger partial charge on any atom is 0.257 e. The number of hydrogen-bond acceptors (Lipinski definition) is 5. The quantitative estimate of drug-likeness (QED) is 0.661. The lowest BCUT2D eigenvalue weighted by atomic mass is 10.1. The van der Waals surface area contributed by atoms with Crippen LogP contribution in [-0.4, -0.2) is 34.0 Å². The van der Waals surface area contributed by atoms with Gasteiger partial charge in [-0.3, -0.25) is 4.79 Å². The van der Waals surface area contributed by atoms with Gasteiger partial charge in [0, 0.05) is 31.0 Å². The first-order valence-electron chi connectivity index (χ1n) is 9.39. The van der Waals surface area contributed by atoms with Crippen LogP contribution in [0.1, 0.15) is 35.7 Å². The number of likely N-dealkylation sites (tertiary alicyclic amines) is 1. The molecule has 1 aromatic heterocycles. The zero-order valence-electron chi connectivity index (χ0n) is 15.4. The number of hydrogen-bond donors (Lipinski definition) is 0. The van der Waals surface area contributed by atoms with Crippen molar-refractivity contribution >= 4 is 5.91 Å². The summed E-state index contributed by atoms with van der Waals surface area (Å²) in [5.41, 5.74) is 2.63. The zero-order chi connectivity index (χ0) is 19.3. The van der Waals surface area contributed by atoms with Crippen molar-refractivity contribution in [3.63, 3.8) is 0 Å². The largest absolute Gasteiger partial charge is 0.342 e. The van der Waals surface area contributed by atoms with Crippen LogP contribution < -0.4 is 0 Å². The summed E-state index contributed by atoms with van der Waals surface area (Å²) in [4.78, 5) is 18.7. The van der Waals surface area contributed by atoms with Crippen molar-refractivity contribution in [3.8, 4) is 17.5 Å². The van der Waals surface area contributed by atoms with Gasteiger partial charge < -0.3 is 9.42 Å². The second-order valence-corrected chi connectivity index (χ2v) is 6.98. The first-order valence-corrected chi connectivity index (χ1v) is 9.39. The van der Waals surface area contributed by atoms with E-state index in [4.69, 9.17) is 9.78 Å². The highest BCUT2D eigenvalue weighted by Crippen LogP contribution is 2.28. The van der Waals surface area contributed by atoms with Crippen LogP contribution in [-0.2, 0) is 11.2 Å². The van der Waals surface area contributed by atoms with Crippen LogP contribution in [0.2, 0.25) is 0 Å². The molecule has 1 unspecified atom stereocenters. The molecule has 0 spiro atoms. The second-order valence-electron chi connectivity index (χ2n) is 6.98. The number of carbonyl (C=O) groups is 1. The third-order valence-corrected chi connectivity index (χ3v) is 5.02. The first kappa shape index (κ1) is 17.9. The minimum Gasteiger partial charge on any atom is -0.342 e. The summed E-state index contributed by atoms with van der Waals surface area (Å²) in [6.45, 7) is 1.37. The highest BCUT2D eigenvalue weighted by molar-refractivity contribution is 5.79. The van der Waals surface area contributed by atoms with Gasteiger partial charge in [-0.25, -0.2) is 0 Å². The molecule has 1 aliphatic heterocycles. The van der Waals surface area contributed by atoms with Crippen molar-refractivity contribution in [3.05, 3.63) is 71.5 Å². The SMILES string of the molecule is N#Cc1ccc(-c2nc(C3CC(=O)N(CCCc4ccccc4)C3)no2)cc1. The van der Waals surface area contributed by atoms with Crippen molar-refractivity contribution in [2.24, 2.45) is 0 Å². The molecule has 0 N–H and O–H groups in total. The van der Waals surface area contributed by atoms with Gasteiger partial charge in [0.05, 0.1) is 11.6 Å². The Morgan fingerprint density at radius 3 is 2.68 bits per heavy atom. The zero-order valence-corrected chi connectivity index (χ0v) is 15.4. The molecule has 3 aromatic rings. The lowest BCUT2D eigenvalue weighted by Gasteiger charge is -2.15. The molecule has 1 aliphatic rings. The number of aromatic nitrogens is 2. The summed E-state index contributed by atoms with van der Waals surface area (Å²) in [5, 5.41) is 13.0. The first-order chi connectivity index (χ1) is 13.7. The molecule has 6 heteroatoms. The molecule has 4 rings (SSSR count). The van der Waals surface area contributed by atoms with Gasteiger partial charge in [0.2, 0.25) is 5.91 Å². The summed E-state index contributed by atoms with van der Waals surface area (Å²) < 4.78 is 5.37. The minimum absolute atomic E-state index is 0.0416. The third-order valence-electron chi connectivity index (χ3n) is 5.02. The lowest BCUT2D eigenvalue weighted by Crippen LogP contribution is -2.26. The molecule has 2 heterocycles. The maximum atomic E-state index is 12.4. The van der Waals surface area contributed by atoms with Crippen molar-refractivity contribution in [1.82, 2.24) is 15.0 Å². The summed E-state index contributed by atoms with van der Waals surface area (Å²) in [6, 6.07) is 19.4. The maximum absolute atomic E-state index is 12.4. The fourth-order valence-electron chi connectivity index (χ4n) is 3.49. The van der Waals surface area contributed by atoms with E-state index in [0.29, 0.717) is 30.2 Å². The van der Waals surface area contributed by atoms with E-state index in [1.165, 1.54) is 5.56 Å². The molecular weight excluding hydrogens is 352 g/mol. The smallest absolute Gasteiger partial charge is 0.257 e. The topological polar surface area (TPSA) is 83.0 Å². The van der Waals surface area contributed by atoms with Crippen LogP contribution in [0.15, 0.2) is 59.1 Å². The number of carbonyl (C=O) groups excluding carboxylic acids is 1. The Hall–Kier alpha value is -3.46. The second kappa shape index (κ2) is 8.05. The van der Waals surface area contributed by atoms with Crippen molar-refractivity contribution in [1.29, 1.82) is 5.26 Å². The molecule has 2 aromatic carbocycles.